The van der Waals surface area contributed by atoms with Crippen LogP contribution in [0.5, 0.6) is 11.5 Å². The van der Waals surface area contributed by atoms with E-state index in [-0.39, 0.29) is 11.8 Å². The predicted molar refractivity (Wildman–Crippen MR) is 70.3 cm³/mol. The van der Waals surface area contributed by atoms with E-state index in [4.69, 9.17) is 10.5 Å². The normalized spacial score (nSPS) is 12.8. The van der Waals surface area contributed by atoms with E-state index in [1.165, 1.54) is 0 Å². The molecule has 17 heavy (non-hydrogen) atoms. The van der Waals surface area contributed by atoms with Crippen LogP contribution in [0.4, 0.5) is 0 Å². The molecule has 3 heteroatoms. The third kappa shape index (κ3) is 4.27. The Hall–Kier alpha value is -1.22. The summed E-state index contributed by atoms with van der Waals surface area (Å²) in [5, 5.41) is 9.60. The molecule has 3 nitrogen and oxygen atoms in total. The van der Waals surface area contributed by atoms with Crippen LogP contribution in [0.1, 0.15) is 45.2 Å². The Morgan fingerprint density at radius 1 is 1.29 bits per heavy atom. The fourth-order valence-corrected chi connectivity index (χ4v) is 1.71. The molecule has 1 rings (SSSR count). The molecule has 0 bridgehead atoms. The van der Waals surface area contributed by atoms with Crippen molar-refractivity contribution in [3.63, 3.8) is 0 Å². The van der Waals surface area contributed by atoms with E-state index in [1.54, 1.807) is 6.07 Å². The molecule has 0 amide bonds. The topological polar surface area (TPSA) is 55.5 Å². The summed E-state index contributed by atoms with van der Waals surface area (Å²) in [5.41, 5.74) is 7.14. The first-order chi connectivity index (χ1) is 8.04. The van der Waals surface area contributed by atoms with E-state index in [9.17, 15) is 5.11 Å². The highest BCUT2D eigenvalue weighted by molar-refractivity contribution is 5.42. The molecule has 96 valence electrons. The summed E-state index contributed by atoms with van der Waals surface area (Å²) in [6, 6.07) is 5.36. The summed E-state index contributed by atoms with van der Waals surface area (Å²) in [5.74, 6) is 1.35. The van der Waals surface area contributed by atoms with Crippen LogP contribution in [0.15, 0.2) is 18.2 Å². The summed E-state index contributed by atoms with van der Waals surface area (Å²) < 4.78 is 5.35. The SMILES string of the molecule is CCOc1cc([C@H](N)CCC(C)C)ccc1O. The van der Waals surface area contributed by atoms with E-state index in [0.717, 1.165) is 18.4 Å². The highest BCUT2D eigenvalue weighted by Crippen LogP contribution is 2.30. The molecule has 0 aliphatic heterocycles. The smallest absolute Gasteiger partial charge is 0.161 e. The third-order valence-corrected chi connectivity index (χ3v) is 2.77. The highest BCUT2D eigenvalue weighted by atomic mass is 16.5. The molecule has 0 unspecified atom stereocenters. The van der Waals surface area contributed by atoms with Crippen LogP contribution < -0.4 is 10.5 Å². The van der Waals surface area contributed by atoms with Gasteiger partial charge in [-0.25, -0.2) is 0 Å². The molecular weight excluding hydrogens is 214 g/mol. The van der Waals surface area contributed by atoms with Crippen LogP contribution in [-0.2, 0) is 0 Å². The van der Waals surface area contributed by atoms with Crippen molar-refractivity contribution in [2.24, 2.45) is 11.7 Å². The van der Waals surface area contributed by atoms with E-state index in [1.807, 2.05) is 19.1 Å². The summed E-state index contributed by atoms with van der Waals surface area (Å²) in [4.78, 5) is 0. The number of nitrogens with two attached hydrogens (primary N) is 1. The number of benzene rings is 1. The molecule has 0 aromatic heterocycles. The molecule has 0 aliphatic rings. The number of phenols is 1. The van der Waals surface area contributed by atoms with Gasteiger partial charge in [0.1, 0.15) is 0 Å². The van der Waals surface area contributed by atoms with Gasteiger partial charge < -0.3 is 15.6 Å². The number of aromatic hydroxyl groups is 1. The molecule has 3 N–H and O–H groups in total. The second kappa shape index (κ2) is 6.50. The van der Waals surface area contributed by atoms with Gasteiger partial charge in [0.05, 0.1) is 6.61 Å². The Morgan fingerprint density at radius 2 is 2.00 bits per heavy atom. The molecule has 1 atom stereocenters. The minimum absolute atomic E-state index is 0.0113. The van der Waals surface area contributed by atoms with E-state index in [0.29, 0.717) is 18.3 Å². The first kappa shape index (κ1) is 13.8. The maximum atomic E-state index is 9.60. The maximum Gasteiger partial charge on any atom is 0.161 e. The largest absolute Gasteiger partial charge is 0.504 e. The van der Waals surface area contributed by atoms with E-state index >= 15 is 0 Å². The lowest BCUT2D eigenvalue weighted by atomic mass is 9.98. The third-order valence-electron chi connectivity index (χ3n) is 2.77. The monoisotopic (exact) mass is 237 g/mol. The average Bonchev–Trinajstić information content (AvgIpc) is 2.29. The summed E-state index contributed by atoms with van der Waals surface area (Å²) in [6.45, 7) is 6.81. The van der Waals surface area contributed by atoms with Crippen LogP contribution >= 0.6 is 0 Å². The second-order valence-corrected chi connectivity index (χ2v) is 4.74. The molecule has 0 radical (unpaired) electrons. The first-order valence-electron chi connectivity index (χ1n) is 6.25. The van der Waals surface area contributed by atoms with Crippen molar-refractivity contribution in [1.29, 1.82) is 0 Å². The van der Waals surface area contributed by atoms with Crippen molar-refractivity contribution in [2.45, 2.75) is 39.7 Å². The van der Waals surface area contributed by atoms with Gasteiger partial charge in [0, 0.05) is 6.04 Å². The zero-order valence-electron chi connectivity index (χ0n) is 10.9. The molecule has 0 fully saturated rings. The van der Waals surface area contributed by atoms with Gasteiger partial charge in [0.25, 0.3) is 0 Å². The Labute approximate surface area is 104 Å². The van der Waals surface area contributed by atoms with Crippen LogP contribution in [0.25, 0.3) is 0 Å². The predicted octanol–water partition coefficient (Wildman–Crippen LogP) is 3.23. The zero-order valence-corrected chi connectivity index (χ0v) is 10.9. The fourth-order valence-electron chi connectivity index (χ4n) is 1.71. The van der Waals surface area contributed by atoms with E-state index in [2.05, 4.69) is 13.8 Å². The number of hydrogen-bond acceptors (Lipinski definition) is 3. The molecular formula is C14H23NO2. The highest BCUT2D eigenvalue weighted by Gasteiger charge is 2.10. The van der Waals surface area contributed by atoms with Crippen molar-refractivity contribution in [2.75, 3.05) is 6.61 Å². The first-order valence-corrected chi connectivity index (χ1v) is 6.25. The van der Waals surface area contributed by atoms with Crippen LogP contribution in [0.2, 0.25) is 0 Å². The van der Waals surface area contributed by atoms with Crippen LogP contribution in [-0.4, -0.2) is 11.7 Å². The Bertz CT molecular complexity index is 350. The minimum atomic E-state index is 0.0113. The van der Waals surface area contributed by atoms with Gasteiger partial charge in [0.15, 0.2) is 11.5 Å². The summed E-state index contributed by atoms with van der Waals surface area (Å²) in [7, 11) is 0. The molecule has 1 aromatic carbocycles. The minimum Gasteiger partial charge on any atom is -0.504 e. The summed E-state index contributed by atoms with van der Waals surface area (Å²) >= 11 is 0. The van der Waals surface area contributed by atoms with Gasteiger partial charge in [-0.05, 0) is 43.4 Å². The zero-order chi connectivity index (χ0) is 12.8. The van der Waals surface area contributed by atoms with Crippen LogP contribution in [0, 0.1) is 5.92 Å². The average molecular weight is 237 g/mol. The van der Waals surface area contributed by atoms with Gasteiger partial charge in [-0.2, -0.15) is 0 Å². The molecule has 0 saturated heterocycles. The van der Waals surface area contributed by atoms with Crippen molar-refractivity contribution in [1.82, 2.24) is 0 Å². The molecule has 0 spiro atoms. The standard InChI is InChI=1S/C14H23NO2/c1-4-17-14-9-11(6-8-13(14)16)12(15)7-5-10(2)3/h6,8-10,12,16H,4-5,7,15H2,1-3H3/t12-/m1/s1. The molecule has 0 saturated carbocycles. The number of phenolic OH excluding ortho intramolecular Hbond substituents is 1. The van der Waals surface area contributed by atoms with Crippen molar-refractivity contribution in [3.05, 3.63) is 23.8 Å². The Kier molecular flexibility index (Phi) is 5.29. The van der Waals surface area contributed by atoms with Gasteiger partial charge in [-0.1, -0.05) is 19.9 Å². The van der Waals surface area contributed by atoms with Crippen molar-refractivity contribution in [3.8, 4) is 11.5 Å². The lowest BCUT2D eigenvalue weighted by Gasteiger charge is -2.15. The molecule has 0 heterocycles. The van der Waals surface area contributed by atoms with Crippen LogP contribution in [0.3, 0.4) is 0 Å². The van der Waals surface area contributed by atoms with E-state index < -0.39 is 0 Å². The molecule has 1 aromatic rings. The summed E-state index contributed by atoms with van der Waals surface area (Å²) in [6.07, 6.45) is 2.06. The number of rotatable bonds is 6. The number of hydrogen-bond donors (Lipinski definition) is 2. The van der Waals surface area contributed by atoms with Crippen molar-refractivity contribution >= 4 is 0 Å². The second-order valence-electron chi connectivity index (χ2n) is 4.74. The lowest BCUT2D eigenvalue weighted by Crippen LogP contribution is -2.11. The Balaban J connectivity index is 2.73. The fraction of sp³-hybridized carbons (Fsp3) is 0.571. The number of ether oxygens (including phenoxy) is 1. The van der Waals surface area contributed by atoms with Gasteiger partial charge in [-0.3, -0.25) is 0 Å². The van der Waals surface area contributed by atoms with Crippen molar-refractivity contribution < 1.29 is 9.84 Å². The maximum absolute atomic E-state index is 9.60. The molecule has 0 aliphatic carbocycles. The van der Waals surface area contributed by atoms with Gasteiger partial charge in [-0.15, -0.1) is 0 Å². The van der Waals surface area contributed by atoms with Gasteiger partial charge >= 0.3 is 0 Å². The van der Waals surface area contributed by atoms with Gasteiger partial charge in [0.2, 0.25) is 0 Å². The lowest BCUT2D eigenvalue weighted by molar-refractivity contribution is 0.317. The Morgan fingerprint density at radius 3 is 2.59 bits per heavy atom. The quantitative estimate of drug-likeness (QED) is 0.798.